The summed E-state index contributed by atoms with van der Waals surface area (Å²) >= 11 is 13.6. The number of aromatic nitrogens is 3. The van der Waals surface area contributed by atoms with Crippen LogP contribution in [0.2, 0.25) is 10.0 Å². The quantitative estimate of drug-likeness (QED) is 0.560. The third-order valence-electron chi connectivity index (χ3n) is 4.82. The number of carbonyl (C=O) groups excluding carboxylic acids is 1. The molecule has 10 heteroatoms. The average molecular weight is 478 g/mol. The summed E-state index contributed by atoms with van der Waals surface area (Å²) in [6.45, 7) is 3.39. The monoisotopic (exact) mass is 477 g/mol. The van der Waals surface area contributed by atoms with Crippen LogP contribution in [0, 0.1) is 0 Å². The third-order valence-corrected chi connectivity index (χ3v) is 6.47. The van der Waals surface area contributed by atoms with Gasteiger partial charge in [0.05, 0.1) is 41.1 Å². The van der Waals surface area contributed by atoms with Crippen molar-refractivity contribution in [2.45, 2.75) is 19.1 Å². The Morgan fingerprint density at radius 3 is 3.00 bits per heavy atom. The maximum atomic E-state index is 12.4. The van der Waals surface area contributed by atoms with Crippen LogP contribution >= 0.6 is 34.5 Å². The number of carbonyl (C=O) groups is 1. The Bertz CT molecular complexity index is 1030. The van der Waals surface area contributed by atoms with Gasteiger partial charge in [0, 0.05) is 44.0 Å². The van der Waals surface area contributed by atoms with Crippen LogP contribution in [0.25, 0.3) is 10.7 Å². The van der Waals surface area contributed by atoms with E-state index in [9.17, 15) is 4.79 Å². The second kappa shape index (κ2) is 10.5. The molecule has 0 spiro atoms. The molecule has 1 amide bonds. The van der Waals surface area contributed by atoms with Crippen molar-refractivity contribution in [3.63, 3.8) is 0 Å². The zero-order chi connectivity index (χ0) is 21.6. The fourth-order valence-corrected chi connectivity index (χ4v) is 4.41. The van der Waals surface area contributed by atoms with Crippen LogP contribution in [-0.4, -0.2) is 58.1 Å². The van der Waals surface area contributed by atoms with E-state index in [4.69, 9.17) is 27.9 Å². The van der Waals surface area contributed by atoms with Gasteiger partial charge in [-0.1, -0.05) is 29.3 Å². The lowest BCUT2D eigenvalue weighted by molar-refractivity contribution is -0.121. The Morgan fingerprint density at radius 1 is 1.29 bits per heavy atom. The molecule has 162 valence electrons. The number of amides is 1. The zero-order valence-electron chi connectivity index (χ0n) is 16.6. The molecular weight excluding hydrogens is 457 g/mol. The van der Waals surface area contributed by atoms with Crippen LogP contribution in [0.3, 0.4) is 0 Å². The van der Waals surface area contributed by atoms with E-state index in [-0.39, 0.29) is 18.4 Å². The number of nitrogens with one attached hydrogen (secondary N) is 1. The highest BCUT2D eigenvalue weighted by molar-refractivity contribution is 7.13. The molecule has 7 nitrogen and oxygen atoms in total. The van der Waals surface area contributed by atoms with Crippen molar-refractivity contribution in [2.24, 2.45) is 0 Å². The van der Waals surface area contributed by atoms with E-state index >= 15 is 0 Å². The predicted octanol–water partition coefficient (Wildman–Crippen LogP) is 3.47. The Hall–Kier alpha value is -2.10. The molecule has 1 saturated heterocycles. The number of morpholine rings is 1. The Morgan fingerprint density at radius 2 is 2.19 bits per heavy atom. The molecule has 2 aromatic heterocycles. The van der Waals surface area contributed by atoms with Crippen molar-refractivity contribution in [2.75, 3.05) is 26.2 Å². The fourth-order valence-electron chi connectivity index (χ4n) is 3.31. The van der Waals surface area contributed by atoms with Gasteiger partial charge in [-0.15, -0.1) is 11.3 Å². The van der Waals surface area contributed by atoms with Crippen LogP contribution in [-0.2, 0) is 22.5 Å². The minimum atomic E-state index is -0.0822. The molecule has 0 unspecified atom stereocenters. The summed E-state index contributed by atoms with van der Waals surface area (Å²) < 4.78 is 5.82. The average Bonchev–Trinajstić information content (AvgIpc) is 3.24. The lowest BCUT2D eigenvalue weighted by atomic mass is 10.2. The van der Waals surface area contributed by atoms with Crippen molar-refractivity contribution >= 4 is 40.4 Å². The van der Waals surface area contributed by atoms with Gasteiger partial charge in [0.25, 0.3) is 0 Å². The highest BCUT2D eigenvalue weighted by atomic mass is 35.5. The molecule has 0 aliphatic carbocycles. The van der Waals surface area contributed by atoms with Crippen molar-refractivity contribution in [3.05, 3.63) is 63.5 Å². The zero-order valence-corrected chi connectivity index (χ0v) is 19.0. The lowest BCUT2D eigenvalue weighted by Crippen LogP contribution is -2.47. The topological polar surface area (TPSA) is 80.2 Å². The maximum absolute atomic E-state index is 12.4. The standard InChI is InChI=1S/C21H21Cl2N5O2S/c22-17-2-1-14(7-18(17)23)11-28-5-6-30-16(12-28)9-26-20(29)8-15-13-31-21(27-15)19-10-24-3-4-25-19/h1-4,7,10,13,16H,5-6,8-9,11-12H2,(H,26,29)/t16-/m0/s1. The van der Waals surface area contributed by atoms with E-state index in [1.165, 1.54) is 11.3 Å². The molecule has 1 aromatic carbocycles. The molecule has 0 saturated carbocycles. The van der Waals surface area contributed by atoms with Crippen LogP contribution in [0.4, 0.5) is 0 Å². The summed E-state index contributed by atoms with van der Waals surface area (Å²) in [6.07, 6.45) is 5.05. The first-order valence-electron chi connectivity index (χ1n) is 9.82. The van der Waals surface area contributed by atoms with E-state index in [2.05, 4.69) is 25.2 Å². The predicted molar refractivity (Wildman–Crippen MR) is 121 cm³/mol. The molecule has 1 atom stereocenters. The smallest absolute Gasteiger partial charge is 0.226 e. The number of halogens is 2. The number of hydrogen-bond acceptors (Lipinski definition) is 7. The number of nitrogens with zero attached hydrogens (tertiary/aromatic N) is 4. The molecule has 1 N–H and O–H groups in total. The number of ether oxygens (including phenoxy) is 1. The summed E-state index contributed by atoms with van der Waals surface area (Å²) in [5, 5.41) is 6.70. The molecule has 0 radical (unpaired) electrons. The number of benzene rings is 1. The number of thiazole rings is 1. The van der Waals surface area contributed by atoms with E-state index in [0.29, 0.717) is 34.6 Å². The van der Waals surface area contributed by atoms with Crippen molar-refractivity contribution in [3.8, 4) is 10.7 Å². The van der Waals surface area contributed by atoms with Gasteiger partial charge in [-0.05, 0) is 17.7 Å². The van der Waals surface area contributed by atoms with E-state index in [0.717, 1.165) is 30.2 Å². The molecular formula is C21H21Cl2N5O2S. The molecule has 3 heterocycles. The van der Waals surface area contributed by atoms with Crippen LogP contribution in [0.1, 0.15) is 11.3 Å². The van der Waals surface area contributed by atoms with Gasteiger partial charge in [0.1, 0.15) is 10.7 Å². The number of hydrogen-bond donors (Lipinski definition) is 1. The van der Waals surface area contributed by atoms with Crippen molar-refractivity contribution in [1.29, 1.82) is 0 Å². The fraction of sp³-hybridized carbons (Fsp3) is 0.333. The molecule has 4 rings (SSSR count). The Labute approximate surface area is 194 Å². The summed E-state index contributed by atoms with van der Waals surface area (Å²) in [5.74, 6) is -0.0822. The normalized spacial score (nSPS) is 16.9. The molecule has 1 aliphatic heterocycles. The second-order valence-corrected chi connectivity index (χ2v) is 8.86. The van der Waals surface area contributed by atoms with Gasteiger partial charge in [0.15, 0.2) is 0 Å². The summed E-state index contributed by atoms with van der Waals surface area (Å²) in [7, 11) is 0. The largest absolute Gasteiger partial charge is 0.374 e. The van der Waals surface area contributed by atoms with Gasteiger partial charge in [-0.25, -0.2) is 4.98 Å². The van der Waals surface area contributed by atoms with Crippen molar-refractivity contribution < 1.29 is 9.53 Å². The van der Waals surface area contributed by atoms with Gasteiger partial charge in [0.2, 0.25) is 5.91 Å². The van der Waals surface area contributed by atoms with Gasteiger partial charge >= 0.3 is 0 Å². The van der Waals surface area contributed by atoms with Crippen molar-refractivity contribution in [1.82, 2.24) is 25.2 Å². The third kappa shape index (κ3) is 6.21. The summed E-state index contributed by atoms with van der Waals surface area (Å²) in [6, 6.07) is 5.68. The van der Waals surface area contributed by atoms with Crippen LogP contribution in [0.15, 0.2) is 42.2 Å². The molecule has 31 heavy (non-hydrogen) atoms. The van der Waals surface area contributed by atoms with E-state index in [1.54, 1.807) is 18.6 Å². The van der Waals surface area contributed by atoms with E-state index in [1.807, 2.05) is 23.6 Å². The molecule has 1 aliphatic rings. The van der Waals surface area contributed by atoms with Gasteiger partial charge < -0.3 is 10.1 Å². The van der Waals surface area contributed by atoms with Crippen LogP contribution < -0.4 is 5.32 Å². The molecule has 3 aromatic rings. The highest BCUT2D eigenvalue weighted by Gasteiger charge is 2.21. The lowest BCUT2D eigenvalue weighted by Gasteiger charge is -2.33. The SMILES string of the molecule is O=C(Cc1csc(-c2cnccn2)n1)NC[C@H]1CN(Cc2ccc(Cl)c(Cl)c2)CCO1. The Balaban J connectivity index is 1.24. The first kappa shape index (κ1) is 22.1. The second-order valence-electron chi connectivity index (χ2n) is 7.19. The van der Waals surface area contributed by atoms with E-state index < -0.39 is 0 Å². The highest BCUT2D eigenvalue weighted by Crippen LogP contribution is 2.24. The van der Waals surface area contributed by atoms with Gasteiger partial charge in [-0.3, -0.25) is 19.7 Å². The van der Waals surface area contributed by atoms with Gasteiger partial charge in [-0.2, -0.15) is 0 Å². The summed E-state index contributed by atoms with van der Waals surface area (Å²) in [5.41, 5.74) is 2.52. The summed E-state index contributed by atoms with van der Waals surface area (Å²) in [4.78, 5) is 27.4. The Kier molecular flexibility index (Phi) is 7.47. The minimum absolute atomic E-state index is 0.0638. The number of rotatable bonds is 7. The maximum Gasteiger partial charge on any atom is 0.226 e. The van der Waals surface area contributed by atoms with Crippen LogP contribution in [0.5, 0.6) is 0 Å². The molecule has 1 fully saturated rings. The first-order chi connectivity index (χ1) is 15.1. The first-order valence-corrected chi connectivity index (χ1v) is 11.5. The molecule has 0 bridgehead atoms. The minimum Gasteiger partial charge on any atom is -0.374 e.